The molecule has 2 N–H and O–H groups in total. The normalized spacial score (nSPS) is 10.3. The highest BCUT2D eigenvalue weighted by atomic mass is 32.2. The molecule has 0 saturated heterocycles. The Morgan fingerprint density at radius 1 is 1.47 bits per heavy atom. The van der Waals surface area contributed by atoms with Crippen molar-refractivity contribution in [3.8, 4) is 0 Å². The Balaban J connectivity index is 3.10. The van der Waals surface area contributed by atoms with Crippen LogP contribution in [0.25, 0.3) is 0 Å². The molecule has 0 atom stereocenters. The van der Waals surface area contributed by atoms with Crippen LogP contribution in [0, 0.1) is 0 Å². The number of amides is 1. The maximum atomic E-state index is 11.2. The van der Waals surface area contributed by atoms with Gasteiger partial charge in [0.1, 0.15) is 0 Å². The van der Waals surface area contributed by atoms with E-state index in [2.05, 4.69) is 5.32 Å². The van der Waals surface area contributed by atoms with Crippen LogP contribution < -0.4 is 5.32 Å². The standard InChI is InChI=1S/C10H21NO3S/c1-2-14-7-4-10(13)11-5-9-15-8-3-6-12/h12H,2-9H2,1H3,(H,11,13). The van der Waals surface area contributed by atoms with Crippen molar-refractivity contribution in [2.45, 2.75) is 19.8 Å². The van der Waals surface area contributed by atoms with Gasteiger partial charge in [0, 0.05) is 31.9 Å². The first-order chi connectivity index (χ1) is 7.31. The lowest BCUT2D eigenvalue weighted by Gasteiger charge is -2.04. The third-order valence-electron chi connectivity index (χ3n) is 1.69. The lowest BCUT2D eigenvalue weighted by molar-refractivity contribution is -0.122. The van der Waals surface area contributed by atoms with Crippen LogP contribution in [0.2, 0.25) is 0 Å². The molecule has 0 radical (unpaired) electrons. The van der Waals surface area contributed by atoms with E-state index in [9.17, 15) is 4.79 Å². The summed E-state index contributed by atoms with van der Waals surface area (Å²) in [6.45, 7) is 4.01. The molecule has 0 rings (SSSR count). The molecule has 0 saturated carbocycles. The average molecular weight is 235 g/mol. The Hall–Kier alpha value is -0.260. The predicted molar refractivity (Wildman–Crippen MR) is 63.1 cm³/mol. The van der Waals surface area contributed by atoms with Crippen molar-refractivity contribution < 1.29 is 14.6 Å². The van der Waals surface area contributed by atoms with Crippen LogP contribution in [0.4, 0.5) is 0 Å². The monoisotopic (exact) mass is 235 g/mol. The van der Waals surface area contributed by atoms with E-state index in [1.165, 1.54) is 0 Å². The van der Waals surface area contributed by atoms with E-state index in [1.807, 2.05) is 6.92 Å². The summed E-state index contributed by atoms with van der Waals surface area (Å²) < 4.78 is 5.07. The number of aliphatic hydroxyl groups excluding tert-OH is 1. The Morgan fingerprint density at radius 2 is 2.27 bits per heavy atom. The molecule has 1 amide bonds. The van der Waals surface area contributed by atoms with E-state index in [0.717, 1.165) is 17.9 Å². The van der Waals surface area contributed by atoms with E-state index in [4.69, 9.17) is 9.84 Å². The summed E-state index contributed by atoms with van der Waals surface area (Å²) in [7, 11) is 0. The number of carbonyl (C=O) groups excluding carboxylic acids is 1. The number of hydrogen-bond donors (Lipinski definition) is 2. The molecule has 0 aliphatic heterocycles. The molecule has 0 aromatic rings. The number of carbonyl (C=O) groups is 1. The third kappa shape index (κ3) is 11.7. The number of hydrogen-bond acceptors (Lipinski definition) is 4. The third-order valence-corrected chi connectivity index (χ3v) is 2.76. The number of thioether (sulfide) groups is 1. The second-order valence-corrected chi connectivity index (χ2v) is 4.21. The summed E-state index contributed by atoms with van der Waals surface area (Å²) >= 11 is 1.74. The Kier molecular flexibility index (Phi) is 11.6. The zero-order chi connectivity index (χ0) is 11.4. The number of ether oxygens (including phenoxy) is 1. The van der Waals surface area contributed by atoms with Crippen molar-refractivity contribution in [1.82, 2.24) is 5.32 Å². The lowest BCUT2D eigenvalue weighted by Crippen LogP contribution is -2.26. The molecule has 90 valence electrons. The molecular weight excluding hydrogens is 214 g/mol. The van der Waals surface area contributed by atoms with Gasteiger partial charge in [-0.1, -0.05) is 0 Å². The first-order valence-electron chi connectivity index (χ1n) is 5.34. The SMILES string of the molecule is CCOCCC(=O)NCCSCCCO. The summed E-state index contributed by atoms with van der Waals surface area (Å²) in [5, 5.41) is 11.4. The molecular formula is C10H21NO3S. The van der Waals surface area contributed by atoms with Crippen molar-refractivity contribution in [2.75, 3.05) is 37.9 Å². The van der Waals surface area contributed by atoms with E-state index in [1.54, 1.807) is 11.8 Å². The first-order valence-corrected chi connectivity index (χ1v) is 6.49. The fourth-order valence-electron chi connectivity index (χ4n) is 0.929. The zero-order valence-corrected chi connectivity index (χ0v) is 10.1. The molecule has 0 aliphatic carbocycles. The fourth-order valence-corrected chi connectivity index (χ4v) is 1.71. The minimum atomic E-state index is 0.0474. The zero-order valence-electron chi connectivity index (χ0n) is 9.33. The van der Waals surface area contributed by atoms with Gasteiger partial charge in [-0.15, -0.1) is 0 Å². The second kappa shape index (κ2) is 11.8. The highest BCUT2D eigenvalue weighted by molar-refractivity contribution is 7.99. The van der Waals surface area contributed by atoms with Crippen molar-refractivity contribution in [1.29, 1.82) is 0 Å². The smallest absolute Gasteiger partial charge is 0.222 e. The Bertz CT molecular complexity index is 156. The first kappa shape index (κ1) is 14.7. The van der Waals surface area contributed by atoms with Gasteiger partial charge in [0.2, 0.25) is 5.91 Å². The number of rotatable bonds is 10. The number of aliphatic hydroxyl groups is 1. The maximum absolute atomic E-state index is 11.2. The van der Waals surface area contributed by atoms with Gasteiger partial charge in [0.15, 0.2) is 0 Å². The van der Waals surface area contributed by atoms with Gasteiger partial charge in [-0.05, 0) is 19.1 Å². The van der Waals surface area contributed by atoms with Crippen LogP contribution in [0.5, 0.6) is 0 Å². The lowest BCUT2D eigenvalue weighted by atomic mass is 10.4. The van der Waals surface area contributed by atoms with E-state index in [-0.39, 0.29) is 12.5 Å². The predicted octanol–water partition coefficient (Wildman–Crippen LogP) is 0.645. The van der Waals surface area contributed by atoms with E-state index >= 15 is 0 Å². The van der Waals surface area contributed by atoms with Gasteiger partial charge in [-0.3, -0.25) is 4.79 Å². The maximum Gasteiger partial charge on any atom is 0.222 e. The minimum Gasteiger partial charge on any atom is -0.396 e. The molecule has 0 unspecified atom stereocenters. The second-order valence-electron chi connectivity index (χ2n) is 2.99. The molecule has 5 heteroatoms. The molecule has 0 heterocycles. The molecule has 0 bridgehead atoms. The van der Waals surface area contributed by atoms with Crippen LogP contribution >= 0.6 is 11.8 Å². The summed E-state index contributed by atoms with van der Waals surface area (Å²) in [5.41, 5.74) is 0. The largest absolute Gasteiger partial charge is 0.396 e. The van der Waals surface area contributed by atoms with Crippen LogP contribution in [0.1, 0.15) is 19.8 Å². The number of nitrogens with one attached hydrogen (secondary N) is 1. The Morgan fingerprint density at radius 3 is 2.93 bits per heavy atom. The molecule has 0 spiro atoms. The average Bonchev–Trinajstić information content (AvgIpc) is 2.23. The fraction of sp³-hybridized carbons (Fsp3) is 0.900. The Labute approximate surface area is 95.8 Å². The van der Waals surface area contributed by atoms with Gasteiger partial charge in [0.25, 0.3) is 0 Å². The highest BCUT2D eigenvalue weighted by Crippen LogP contribution is 1.99. The van der Waals surface area contributed by atoms with Crippen molar-refractivity contribution in [3.63, 3.8) is 0 Å². The molecule has 0 fully saturated rings. The minimum absolute atomic E-state index is 0.0474. The quantitative estimate of drug-likeness (QED) is 0.546. The summed E-state index contributed by atoms with van der Waals surface area (Å²) in [4.78, 5) is 11.2. The van der Waals surface area contributed by atoms with Gasteiger partial charge in [-0.25, -0.2) is 0 Å². The summed E-state index contributed by atoms with van der Waals surface area (Å²) in [5.74, 6) is 1.90. The van der Waals surface area contributed by atoms with E-state index in [0.29, 0.717) is 26.2 Å². The van der Waals surface area contributed by atoms with Crippen molar-refractivity contribution in [2.24, 2.45) is 0 Å². The van der Waals surface area contributed by atoms with Gasteiger partial charge < -0.3 is 15.2 Å². The molecule has 4 nitrogen and oxygen atoms in total. The van der Waals surface area contributed by atoms with Crippen LogP contribution in [0.3, 0.4) is 0 Å². The topological polar surface area (TPSA) is 58.6 Å². The molecule has 0 aromatic carbocycles. The highest BCUT2D eigenvalue weighted by Gasteiger charge is 1.99. The van der Waals surface area contributed by atoms with Gasteiger partial charge >= 0.3 is 0 Å². The van der Waals surface area contributed by atoms with Crippen LogP contribution in [-0.2, 0) is 9.53 Å². The van der Waals surface area contributed by atoms with Crippen LogP contribution in [0.15, 0.2) is 0 Å². The van der Waals surface area contributed by atoms with Gasteiger partial charge in [-0.2, -0.15) is 11.8 Å². The summed E-state index contributed by atoms with van der Waals surface area (Å²) in [6, 6.07) is 0. The van der Waals surface area contributed by atoms with Crippen molar-refractivity contribution >= 4 is 17.7 Å². The molecule has 15 heavy (non-hydrogen) atoms. The van der Waals surface area contributed by atoms with Gasteiger partial charge in [0.05, 0.1) is 6.61 Å². The van der Waals surface area contributed by atoms with Crippen LogP contribution in [-0.4, -0.2) is 48.9 Å². The molecule has 0 aromatic heterocycles. The van der Waals surface area contributed by atoms with E-state index < -0.39 is 0 Å². The molecule has 0 aliphatic rings. The summed E-state index contributed by atoms with van der Waals surface area (Å²) in [6.07, 6.45) is 1.26. The van der Waals surface area contributed by atoms with Crippen molar-refractivity contribution in [3.05, 3.63) is 0 Å².